The number of carbonyl (C=O) groups is 1. The fraction of sp³-hybridized carbons (Fsp3) is 0.0625. The molecule has 4 heteroatoms. The minimum Gasteiger partial charge on any atom is -0.488 e. The van der Waals surface area contributed by atoms with Gasteiger partial charge >= 0.3 is 0 Å². The zero-order valence-corrected chi connectivity index (χ0v) is 12.0. The number of Topliss-reactive ketones (excluding diaryl/α,β-unsaturated/α-hetero) is 1. The molecule has 0 radical (unpaired) electrons. The van der Waals surface area contributed by atoms with Crippen LogP contribution in [-0.4, -0.2) is 12.4 Å². The summed E-state index contributed by atoms with van der Waals surface area (Å²) in [7, 11) is 0. The van der Waals surface area contributed by atoms with E-state index < -0.39 is 0 Å². The van der Waals surface area contributed by atoms with Crippen molar-refractivity contribution in [1.82, 2.24) is 0 Å². The van der Waals surface area contributed by atoms with E-state index in [1.807, 2.05) is 6.07 Å². The van der Waals surface area contributed by atoms with Gasteiger partial charge in [-0.05, 0) is 51.8 Å². The van der Waals surface area contributed by atoms with Gasteiger partial charge in [-0.1, -0.05) is 18.2 Å². The highest BCUT2D eigenvalue weighted by molar-refractivity contribution is 9.10. The summed E-state index contributed by atoms with van der Waals surface area (Å²) in [5.41, 5.74) is 1.87. The van der Waals surface area contributed by atoms with Gasteiger partial charge in [-0.15, -0.1) is 0 Å². The van der Waals surface area contributed by atoms with E-state index in [1.54, 1.807) is 36.4 Å². The van der Waals surface area contributed by atoms with Crippen LogP contribution in [0.25, 0.3) is 6.08 Å². The molecule has 0 saturated heterocycles. The van der Waals surface area contributed by atoms with Gasteiger partial charge < -0.3 is 4.74 Å². The molecule has 0 aromatic heterocycles. The van der Waals surface area contributed by atoms with E-state index in [0.717, 1.165) is 5.56 Å². The van der Waals surface area contributed by atoms with Crippen LogP contribution in [0, 0.1) is 5.82 Å². The van der Waals surface area contributed by atoms with Crippen molar-refractivity contribution >= 4 is 27.8 Å². The van der Waals surface area contributed by atoms with Crippen LogP contribution in [0.15, 0.2) is 52.5 Å². The number of ketones is 1. The Morgan fingerprint density at radius 3 is 2.80 bits per heavy atom. The van der Waals surface area contributed by atoms with Gasteiger partial charge in [0.1, 0.15) is 18.2 Å². The lowest BCUT2D eigenvalue weighted by Gasteiger charge is -2.18. The Hall–Kier alpha value is -1.94. The Balaban J connectivity index is 1.97. The molecule has 1 aliphatic rings. The number of para-hydroxylation sites is 1. The van der Waals surface area contributed by atoms with Crippen LogP contribution in [0.5, 0.6) is 5.75 Å². The fourth-order valence-corrected chi connectivity index (χ4v) is 2.48. The second-order valence-corrected chi connectivity index (χ2v) is 5.31. The molecular formula is C16H10BrFO2. The van der Waals surface area contributed by atoms with Crippen LogP contribution in [0.1, 0.15) is 15.9 Å². The molecule has 1 heterocycles. The molecule has 0 unspecified atom stereocenters. The number of carbonyl (C=O) groups excluding carboxylic acids is 1. The van der Waals surface area contributed by atoms with Gasteiger partial charge in [-0.3, -0.25) is 4.79 Å². The number of ether oxygens (including phenoxy) is 1. The number of benzene rings is 2. The Morgan fingerprint density at radius 1 is 1.20 bits per heavy atom. The van der Waals surface area contributed by atoms with Gasteiger partial charge in [0.15, 0.2) is 5.78 Å². The van der Waals surface area contributed by atoms with Crippen molar-refractivity contribution in [2.45, 2.75) is 0 Å². The van der Waals surface area contributed by atoms with E-state index in [1.165, 1.54) is 6.07 Å². The first-order chi connectivity index (χ1) is 9.65. The summed E-state index contributed by atoms with van der Waals surface area (Å²) in [6, 6.07) is 11.8. The van der Waals surface area contributed by atoms with Crippen LogP contribution in [0.4, 0.5) is 4.39 Å². The SMILES string of the molecule is O=C1/C(=C/c2ccc(F)c(Br)c2)COc2ccccc21. The summed E-state index contributed by atoms with van der Waals surface area (Å²) >= 11 is 3.13. The summed E-state index contributed by atoms with van der Waals surface area (Å²) in [5.74, 6) is 0.228. The highest BCUT2D eigenvalue weighted by Crippen LogP contribution is 2.28. The topological polar surface area (TPSA) is 26.3 Å². The smallest absolute Gasteiger partial charge is 0.196 e. The van der Waals surface area contributed by atoms with Crippen LogP contribution < -0.4 is 4.74 Å². The lowest BCUT2D eigenvalue weighted by atomic mass is 9.98. The maximum absolute atomic E-state index is 13.2. The van der Waals surface area contributed by atoms with Gasteiger partial charge in [0, 0.05) is 5.57 Å². The monoisotopic (exact) mass is 332 g/mol. The first kappa shape index (κ1) is 13.1. The van der Waals surface area contributed by atoms with E-state index in [2.05, 4.69) is 15.9 Å². The van der Waals surface area contributed by atoms with Gasteiger partial charge in [-0.25, -0.2) is 4.39 Å². The predicted molar refractivity (Wildman–Crippen MR) is 78.3 cm³/mol. The maximum Gasteiger partial charge on any atom is 0.196 e. The molecule has 2 aromatic rings. The van der Waals surface area contributed by atoms with Crippen molar-refractivity contribution in [3.8, 4) is 5.75 Å². The van der Waals surface area contributed by atoms with E-state index in [4.69, 9.17) is 4.74 Å². The maximum atomic E-state index is 13.2. The zero-order valence-electron chi connectivity index (χ0n) is 10.4. The van der Waals surface area contributed by atoms with Crippen molar-refractivity contribution in [2.24, 2.45) is 0 Å². The largest absolute Gasteiger partial charge is 0.488 e. The highest BCUT2D eigenvalue weighted by atomic mass is 79.9. The number of halogens is 2. The average molecular weight is 333 g/mol. The Labute approximate surface area is 124 Å². The first-order valence-corrected chi connectivity index (χ1v) is 6.86. The standard InChI is InChI=1S/C16H10BrFO2/c17-13-8-10(5-6-14(13)18)7-11-9-20-15-4-2-1-3-12(15)16(11)19/h1-8H,9H2/b11-7+. The summed E-state index contributed by atoms with van der Waals surface area (Å²) in [5, 5.41) is 0. The molecule has 2 nitrogen and oxygen atoms in total. The van der Waals surface area contributed by atoms with Gasteiger partial charge in [0.25, 0.3) is 0 Å². The molecule has 0 fully saturated rings. The van der Waals surface area contributed by atoms with Crippen molar-refractivity contribution in [1.29, 1.82) is 0 Å². The molecule has 20 heavy (non-hydrogen) atoms. The summed E-state index contributed by atoms with van der Waals surface area (Å²) in [6.45, 7) is 0.227. The number of rotatable bonds is 1. The molecule has 0 aliphatic carbocycles. The molecule has 0 saturated carbocycles. The lowest BCUT2D eigenvalue weighted by Crippen LogP contribution is -2.18. The average Bonchev–Trinajstić information content (AvgIpc) is 2.46. The van der Waals surface area contributed by atoms with E-state index in [-0.39, 0.29) is 18.2 Å². The lowest BCUT2D eigenvalue weighted by molar-refractivity contribution is 0.100. The number of hydrogen-bond donors (Lipinski definition) is 0. The Kier molecular flexibility index (Phi) is 3.40. The number of fused-ring (bicyclic) bond motifs is 1. The van der Waals surface area contributed by atoms with E-state index in [0.29, 0.717) is 21.4 Å². The molecule has 3 rings (SSSR count). The third-order valence-corrected chi connectivity index (χ3v) is 3.70. The quantitative estimate of drug-likeness (QED) is 0.730. The molecule has 0 N–H and O–H groups in total. The normalized spacial score (nSPS) is 15.9. The molecule has 0 spiro atoms. The fourth-order valence-electron chi connectivity index (χ4n) is 2.08. The Bertz CT molecular complexity index is 722. The third-order valence-electron chi connectivity index (χ3n) is 3.09. The zero-order chi connectivity index (χ0) is 14.1. The molecular weight excluding hydrogens is 323 g/mol. The van der Waals surface area contributed by atoms with Crippen molar-refractivity contribution in [2.75, 3.05) is 6.61 Å². The van der Waals surface area contributed by atoms with E-state index in [9.17, 15) is 9.18 Å². The van der Waals surface area contributed by atoms with Crippen LogP contribution in [0.3, 0.4) is 0 Å². The third kappa shape index (κ3) is 2.39. The molecule has 0 bridgehead atoms. The van der Waals surface area contributed by atoms with Gasteiger partial charge in [-0.2, -0.15) is 0 Å². The predicted octanol–water partition coefficient (Wildman–Crippen LogP) is 4.25. The van der Waals surface area contributed by atoms with Crippen LogP contribution in [-0.2, 0) is 0 Å². The van der Waals surface area contributed by atoms with Gasteiger partial charge in [0.05, 0.1) is 10.0 Å². The van der Waals surface area contributed by atoms with Crippen molar-refractivity contribution < 1.29 is 13.9 Å². The molecule has 0 atom stereocenters. The summed E-state index contributed by atoms with van der Waals surface area (Å²) < 4.78 is 19.1. The minimum atomic E-state index is -0.330. The molecule has 100 valence electrons. The second kappa shape index (κ2) is 5.21. The number of hydrogen-bond acceptors (Lipinski definition) is 2. The molecule has 1 aliphatic heterocycles. The minimum absolute atomic E-state index is 0.0488. The Morgan fingerprint density at radius 2 is 2.00 bits per heavy atom. The summed E-state index contributed by atoms with van der Waals surface area (Å²) in [4.78, 5) is 12.3. The van der Waals surface area contributed by atoms with Crippen molar-refractivity contribution in [3.63, 3.8) is 0 Å². The molecule has 2 aromatic carbocycles. The highest BCUT2D eigenvalue weighted by Gasteiger charge is 2.22. The van der Waals surface area contributed by atoms with Gasteiger partial charge in [0.2, 0.25) is 0 Å². The van der Waals surface area contributed by atoms with E-state index >= 15 is 0 Å². The van der Waals surface area contributed by atoms with Crippen molar-refractivity contribution in [3.05, 3.63) is 69.5 Å². The summed E-state index contributed by atoms with van der Waals surface area (Å²) in [6.07, 6.45) is 1.72. The second-order valence-electron chi connectivity index (χ2n) is 4.46. The molecule has 0 amide bonds. The van der Waals surface area contributed by atoms with Crippen LogP contribution in [0.2, 0.25) is 0 Å². The first-order valence-electron chi connectivity index (χ1n) is 6.07. The van der Waals surface area contributed by atoms with Crippen LogP contribution >= 0.6 is 15.9 Å².